The molecule has 0 bridgehead atoms. The highest BCUT2D eigenvalue weighted by Crippen LogP contribution is 2.36. The van der Waals surface area contributed by atoms with E-state index in [-0.39, 0.29) is 0 Å². The van der Waals surface area contributed by atoms with E-state index in [1.54, 1.807) is 36.4 Å². The number of hydrogen-bond donors (Lipinski definition) is 2. The SMILES string of the molecule is CC(=O)Oc1ccc(C2(C(=O)O)C=Cc3ccccc3N2)cc1. The van der Waals surface area contributed by atoms with Crippen molar-refractivity contribution < 1.29 is 19.4 Å². The molecule has 1 heterocycles. The van der Waals surface area contributed by atoms with Crippen LogP contribution in [0.25, 0.3) is 6.08 Å². The zero-order valence-electron chi connectivity index (χ0n) is 12.4. The molecule has 116 valence electrons. The summed E-state index contributed by atoms with van der Waals surface area (Å²) >= 11 is 0. The van der Waals surface area contributed by atoms with Crippen molar-refractivity contribution in [3.05, 3.63) is 65.7 Å². The van der Waals surface area contributed by atoms with E-state index < -0.39 is 17.5 Å². The molecule has 2 N–H and O–H groups in total. The fourth-order valence-electron chi connectivity index (χ4n) is 2.59. The van der Waals surface area contributed by atoms with Crippen molar-refractivity contribution in [2.24, 2.45) is 0 Å². The van der Waals surface area contributed by atoms with Gasteiger partial charge < -0.3 is 15.2 Å². The Hall–Kier alpha value is -3.08. The Morgan fingerprint density at radius 2 is 1.78 bits per heavy atom. The average molecular weight is 309 g/mol. The van der Waals surface area contributed by atoms with Crippen LogP contribution in [0.15, 0.2) is 54.6 Å². The van der Waals surface area contributed by atoms with Crippen molar-refractivity contribution in [3.8, 4) is 5.75 Å². The number of para-hydroxylation sites is 1. The maximum atomic E-state index is 12.0. The van der Waals surface area contributed by atoms with Gasteiger partial charge in [0.15, 0.2) is 5.54 Å². The number of carboxylic acids is 1. The Morgan fingerprint density at radius 1 is 1.09 bits per heavy atom. The monoisotopic (exact) mass is 309 g/mol. The second-order valence-corrected chi connectivity index (χ2v) is 5.28. The minimum Gasteiger partial charge on any atom is -0.479 e. The predicted molar refractivity (Wildman–Crippen MR) is 86.2 cm³/mol. The summed E-state index contributed by atoms with van der Waals surface area (Å²) in [5.41, 5.74) is 0.873. The van der Waals surface area contributed by atoms with Gasteiger partial charge >= 0.3 is 11.9 Å². The van der Waals surface area contributed by atoms with Gasteiger partial charge in [-0.2, -0.15) is 0 Å². The normalized spacial score (nSPS) is 18.7. The summed E-state index contributed by atoms with van der Waals surface area (Å²) in [4.78, 5) is 22.9. The van der Waals surface area contributed by atoms with E-state index in [1.807, 2.05) is 24.3 Å². The first kappa shape index (κ1) is 14.8. The largest absolute Gasteiger partial charge is 0.479 e. The number of nitrogens with one attached hydrogen (secondary N) is 1. The average Bonchev–Trinajstić information content (AvgIpc) is 2.54. The molecule has 5 heteroatoms. The third-order valence-corrected chi connectivity index (χ3v) is 3.71. The van der Waals surface area contributed by atoms with Gasteiger partial charge in [0.1, 0.15) is 5.75 Å². The van der Waals surface area contributed by atoms with Crippen LogP contribution >= 0.6 is 0 Å². The van der Waals surface area contributed by atoms with Gasteiger partial charge in [0.25, 0.3) is 0 Å². The lowest BCUT2D eigenvalue weighted by atomic mass is 9.85. The first-order valence-corrected chi connectivity index (χ1v) is 7.10. The quantitative estimate of drug-likeness (QED) is 0.673. The second kappa shape index (κ2) is 5.61. The number of ether oxygens (including phenoxy) is 1. The summed E-state index contributed by atoms with van der Waals surface area (Å²) in [6, 6.07) is 13.9. The van der Waals surface area contributed by atoms with E-state index >= 15 is 0 Å². The summed E-state index contributed by atoms with van der Waals surface area (Å²) in [5.74, 6) is -1.05. The maximum Gasteiger partial charge on any atom is 0.338 e. The zero-order valence-corrected chi connectivity index (χ0v) is 12.4. The van der Waals surface area contributed by atoms with Gasteiger partial charge in [0.2, 0.25) is 0 Å². The molecule has 2 aromatic rings. The van der Waals surface area contributed by atoms with Gasteiger partial charge in [0, 0.05) is 12.6 Å². The van der Waals surface area contributed by atoms with Crippen LogP contribution in [0.2, 0.25) is 0 Å². The molecular weight excluding hydrogens is 294 g/mol. The second-order valence-electron chi connectivity index (χ2n) is 5.28. The van der Waals surface area contributed by atoms with E-state index in [1.165, 1.54) is 6.92 Å². The van der Waals surface area contributed by atoms with Crippen molar-refractivity contribution in [3.63, 3.8) is 0 Å². The molecule has 0 aromatic heterocycles. The van der Waals surface area contributed by atoms with Crippen LogP contribution in [-0.4, -0.2) is 17.0 Å². The molecule has 1 unspecified atom stereocenters. The van der Waals surface area contributed by atoms with E-state index in [9.17, 15) is 14.7 Å². The number of carbonyl (C=O) groups is 2. The van der Waals surface area contributed by atoms with E-state index in [4.69, 9.17) is 4.74 Å². The number of carboxylic acid groups (broad SMARTS) is 1. The first-order valence-electron chi connectivity index (χ1n) is 7.10. The number of benzene rings is 2. The summed E-state index contributed by atoms with van der Waals surface area (Å²) in [7, 11) is 0. The molecular formula is C18H15NO4. The van der Waals surface area contributed by atoms with Crippen LogP contribution in [0.3, 0.4) is 0 Å². The van der Waals surface area contributed by atoms with Crippen LogP contribution in [0.5, 0.6) is 5.75 Å². The van der Waals surface area contributed by atoms with Gasteiger partial charge in [-0.25, -0.2) is 4.79 Å². The molecule has 0 aliphatic carbocycles. The third-order valence-electron chi connectivity index (χ3n) is 3.71. The molecule has 0 saturated heterocycles. The van der Waals surface area contributed by atoms with Crippen LogP contribution in [-0.2, 0) is 15.1 Å². The molecule has 2 aromatic carbocycles. The summed E-state index contributed by atoms with van der Waals surface area (Å²) in [6.07, 6.45) is 3.42. The lowest BCUT2D eigenvalue weighted by Crippen LogP contribution is -2.43. The number of anilines is 1. The lowest BCUT2D eigenvalue weighted by molar-refractivity contribution is -0.141. The molecule has 5 nitrogen and oxygen atoms in total. The topological polar surface area (TPSA) is 75.6 Å². The molecule has 3 rings (SSSR count). The van der Waals surface area contributed by atoms with Gasteiger partial charge in [-0.3, -0.25) is 4.79 Å². The number of carbonyl (C=O) groups excluding carboxylic acids is 1. The third kappa shape index (κ3) is 2.68. The first-order chi connectivity index (χ1) is 11.0. The predicted octanol–water partition coefficient (Wildman–Crippen LogP) is 3.03. The highest BCUT2D eigenvalue weighted by molar-refractivity contribution is 5.92. The molecule has 0 amide bonds. The summed E-state index contributed by atoms with van der Waals surface area (Å²) in [5, 5.41) is 12.9. The highest BCUT2D eigenvalue weighted by Gasteiger charge is 2.40. The fourth-order valence-corrected chi connectivity index (χ4v) is 2.59. The van der Waals surface area contributed by atoms with Crippen LogP contribution in [0, 0.1) is 0 Å². The zero-order chi connectivity index (χ0) is 16.4. The van der Waals surface area contributed by atoms with Crippen LogP contribution < -0.4 is 10.1 Å². The van der Waals surface area contributed by atoms with Crippen molar-refractivity contribution in [1.82, 2.24) is 0 Å². The standard InChI is InChI=1S/C18H15NO4/c1-12(20)23-15-8-6-14(7-9-15)18(17(21)22)11-10-13-4-2-3-5-16(13)19-18/h2-11,19H,1H3,(H,21,22). The molecule has 1 aliphatic heterocycles. The number of rotatable bonds is 3. The molecule has 1 aliphatic rings. The number of fused-ring (bicyclic) bond motifs is 1. The van der Waals surface area contributed by atoms with Gasteiger partial charge in [-0.1, -0.05) is 36.4 Å². The maximum absolute atomic E-state index is 12.0. The van der Waals surface area contributed by atoms with Crippen molar-refractivity contribution in [2.45, 2.75) is 12.5 Å². The Bertz CT molecular complexity index is 795. The molecule has 0 spiro atoms. The van der Waals surface area contributed by atoms with Gasteiger partial charge in [0.05, 0.1) is 0 Å². The Balaban J connectivity index is 2.00. The molecule has 0 saturated carbocycles. The Kier molecular flexibility index (Phi) is 3.62. The summed E-state index contributed by atoms with van der Waals surface area (Å²) in [6.45, 7) is 1.31. The van der Waals surface area contributed by atoms with Crippen molar-refractivity contribution in [2.75, 3.05) is 5.32 Å². The van der Waals surface area contributed by atoms with Crippen LogP contribution in [0.1, 0.15) is 18.1 Å². The number of aliphatic carboxylic acids is 1. The van der Waals surface area contributed by atoms with Gasteiger partial charge in [-0.05, 0) is 35.4 Å². The van der Waals surface area contributed by atoms with E-state index in [2.05, 4.69) is 5.32 Å². The fraction of sp³-hybridized carbons (Fsp3) is 0.111. The Labute approximate surface area is 133 Å². The number of esters is 1. The van der Waals surface area contributed by atoms with E-state index in [0.29, 0.717) is 11.3 Å². The van der Waals surface area contributed by atoms with Crippen molar-refractivity contribution in [1.29, 1.82) is 0 Å². The molecule has 0 radical (unpaired) electrons. The summed E-state index contributed by atoms with van der Waals surface area (Å²) < 4.78 is 4.98. The number of hydrogen-bond acceptors (Lipinski definition) is 4. The molecule has 0 fully saturated rings. The minimum absolute atomic E-state index is 0.377. The molecule has 1 atom stereocenters. The van der Waals surface area contributed by atoms with E-state index in [0.717, 1.165) is 11.3 Å². The minimum atomic E-state index is -1.36. The smallest absolute Gasteiger partial charge is 0.338 e. The molecule has 23 heavy (non-hydrogen) atoms. The van der Waals surface area contributed by atoms with Crippen LogP contribution in [0.4, 0.5) is 5.69 Å². The lowest BCUT2D eigenvalue weighted by Gasteiger charge is -2.32. The van der Waals surface area contributed by atoms with Gasteiger partial charge in [-0.15, -0.1) is 0 Å². The highest BCUT2D eigenvalue weighted by atomic mass is 16.5. The van der Waals surface area contributed by atoms with Crippen molar-refractivity contribution >= 4 is 23.7 Å². The Morgan fingerprint density at radius 3 is 2.43 bits per heavy atom.